The van der Waals surface area contributed by atoms with Crippen LogP contribution in [0.1, 0.15) is 19.4 Å². The molecule has 0 saturated carbocycles. The van der Waals surface area contributed by atoms with Crippen LogP contribution >= 0.6 is 0 Å². The second-order valence-corrected chi connectivity index (χ2v) is 5.10. The van der Waals surface area contributed by atoms with Crippen molar-refractivity contribution in [1.82, 2.24) is 14.5 Å². The van der Waals surface area contributed by atoms with Crippen molar-refractivity contribution in [2.24, 2.45) is 0 Å². The summed E-state index contributed by atoms with van der Waals surface area (Å²) in [5.74, 6) is 0.110. The maximum Gasteiger partial charge on any atom is 0.246 e. The van der Waals surface area contributed by atoms with E-state index in [-0.39, 0.29) is 18.4 Å². The number of carbonyl (C=O) groups is 2. The van der Waals surface area contributed by atoms with E-state index in [4.69, 9.17) is 0 Å². The molecule has 112 valence electrons. The molecular weight excluding hydrogens is 268 g/mol. The van der Waals surface area contributed by atoms with Crippen LogP contribution < -0.4 is 5.32 Å². The Labute approximate surface area is 123 Å². The molecule has 2 rings (SSSR count). The summed E-state index contributed by atoms with van der Waals surface area (Å²) in [7, 11) is 1.59. The third-order valence-electron chi connectivity index (χ3n) is 3.39. The van der Waals surface area contributed by atoms with Crippen LogP contribution in [0.4, 0.5) is 5.95 Å². The molecule has 0 aliphatic heterocycles. The number of likely N-dealkylation sites (N-methyl/N-ethyl adjacent to an activating group) is 1. The minimum absolute atomic E-state index is 0.0152. The Hall–Kier alpha value is -2.37. The van der Waals surface area contributed by atoms with Gasteiger partial charge in [0.05, 0.1) is 17.6 Å². The van der Waals surface area contributed by atoms with E-state index in [1.165, 1.54) is 11.8 Å². The topological polar surface area (TPSA) is 67.2 Å². The van der Waals surface area contributed by atoms with Gasteiger partial charge in [-0.3, -0.25) is 14.9 Å². The van der Waals surface area contributed by atoms with Crippen molar-refractivity contribution in [2.75, 3.05) is 18.9 Å². The molecule has 1 aromatic heterocycles. The van der Waals surface area contributed by atoms with Crippen LogP contribution in [0, 0.1) is 6.92 Å². The van der Waals surface area contributed by atoms with E-state index >= 15 is 0 Å². The Balaban J connectivity index is 2.25. The second-order valence-electron chi connectivity index (χ2n) is 5.10. The molecule has 0 aliphatic rings. The van der Waals surface area contributed by atoms with Crippen molar-refractivity contribution >= 4 is 28.8 Å². The molecular formula is C15H20N4O2. The van der Waals surface area contributed by atoms with Crippen LogP contribution in [0.5, 0.6) is 0 Å². The first-order chi connectivity index (χ1) is 9.92. The van der Waals surface area contributed by atoms with Gasteiger partial charge in [-0.1, -0.05) is 6.07 Å². The van der Waals surface area contributed by atoms with Gasteiger partial charge in [0, 0.05) is 20.5 Å². The average molecular weight is 288 g/mol. The highest BCUT2D eigenvalue weighted by Crippen LogP contribution is 2.20. The van der Waals surface area contributed by atoms with Gasteiger partial charge in [0.1, 0.15) is 0 Å². The normalized spacial score (nSPS) is 10.7. The molecule has 2 aromatic rings. The number of nitrogens with zero attached hydrogens (tertiary/aromatic N) is 3. The third-order valence-corrected chi connectivity index (χ3v) is 3.39. The van der Waals surface area contributed by atoms with Crippen molar-refractivity contribution in [2.45, 2.75) is 27.3 Å². The molecule has 2 amide bonds. The maximum atomic E-state index is 12.0. The summed E-state index contributed by atoms with van der Waals surface area (Å²) in [5.41, 5.74) is 2.96. The average Bonchev–Trinajstić information content (AvgIpc) is 2.74. The first-order valence-electron chi connectivity index (χ1n) is 6.90. The van der Waals surface area contributed by atoms with Crippen molar-refractivity contribution in [1.29, 1.82) is 0 Å². The number of benzene rings is 1. The Morgan fingerprint density at radius 3 is 2.71 bits per heavy atom. The number of hydrogen-bond acceptors (Lipinski definition) is 3. The van der Waals surface area contributed by atoms with Gasteiger partial charge in [0.15, 0.2) is 0 Å². The quantitative estimate of drug-likeness (QED) is 0.932. The number of aryl methyl sites for hydroxylation is 2. The van der Waals surface area contributed by atoms with Crippen molar-refractivity contribution < 1.29 is 9.59 Å². The standard InChI is InChI=1S/C15H20N4O2/c1-5-19-13-7-6-10(2)8-12(13)16-15(19)17-14(21)9-18(4)11(3)20/h6-8H,5,9H2,1-4H3,(H,16,17,21). The van der Waals surface area contributed by atoms with Crippen LogP contribution in [0.3, 0.4) is 0 Å². The fourth-order valence-electron chi connectivity index (χ4n) is 2.15. The SMILES string of the molecule is CCn1c(NC(=O)CN(C)C(C)=O)nc2cc(C)ccc21. The van der Waals surface area contributed by atoms with E-state index in [2.05, 4.69) is 10.3 Å². The highest BCUT2D eigenvalue weighted by Gasteiger charge is 2.14. The number of carbonyl (C=O) groups excluding carboxylic acids is 2. The van der Waals surface area contributed by atoms with E-state index in [1.807, 2.05) is 36.6 Å². The molecule has 0 fully saturated rings. The molecule has 0 saturated heterocycles. The number of amides is 2. The summed E-state index contributed by atoms with van der Waals surface area (Å²) >= 11 is 0. The van der Waals surface area contributed by atoms with Gasteiger partial charge in [-0.25, -0.2) is 4.98 Å². The van der Waals surface area contributed by atoms with Crippen molar-refractivity contribution in [3.63, 3.8) is 0 Å². The molecule has 0 bridgehead atoms. The highest BCUT2D eigenvalue weighted by molar-refractivity contribution is 5.94. The lowest BCUT2D eigenvalue weighted by Gasteiger charge is -2.14. The number of rotatable bonds is 4. The van der Waals surface area contributed by atoms with E-state index in [1.54, 1.807) is 7.05 Å². The lowest BCUT2D eigenvalue weighted by molar-refractivity contribution is -0.131. The molecule has 0 spiro atoms. The fraction of sp³-hybridized carbons (Fsp3) is 0.400. The maximum absolute atomic E-state index is 12.0. The number of nitrogens with one attached hydrogen (secondary N) is 1. The van der Waals surface area contributed by atoms with Crippen LogP contribution in [-0.2, 0) is 16.1 Å². The zero-order valence-electron chi connectivity index (χ0n) is 12.8. The van der Waals surface area contributed by atoms with Crippen molar-refractivity contribution in [3.05, 3.63) is 23.8 Å². The van der Waals surface area contributed by atoms with E-state index in [0.717, 1.165) is 16.6 Å². The number of fused-ring (bicyclic) bond motifs is 1. The predicted octanol–water partition coefficient (Wildman–Crippen LogP) is 1.78. The Bertz CT molecular complexity index is 690. The number of imidazole rings is 1. The summed E-state index contributed by atoms with van der Waals surface area (Å²) in [6.45, 7) is 6.15. The molecule has 0 radical (unpaired) electrons. The Kier molecular flexibility index (Phi) is 4.26. The lowest BCUT2D eigenvalue weighted by atomic mass is 10.2. The fourth-order valence-corrected chi connectivity index (χ4v) is 2.15. The Morgan fingerprint density at radius 1 is 1.38 bits per heavy atom. The summed E-state index contributed by atoms with van der Waals surface area (Å²) < 4.78 is 1.94. The first kappa shape index (κ1) is 15.0. The zero-order valence-corrected chi connectivity index (χ0v) is 12.8. The van der Waals surface area contributed by atoms with E-state index < -0.39 is 0 Å². The smallest absolute Gasteiger partial charge is 0.246 e. The molecule has 1 N–H and O–H groups in total. The highest BCUT2D eigenvalue weighted by atomic mass is 16.2. The van der Waals surface area contributed by atoms with Gasteiger partial charge < -0.3 is 9.47 Å². The monoisotopic (exact) mass is 288 g/mol. The molecule has 1 aromatic carbocycles. The summed E-state index contributed by atoms with van der Waals surface area (Å²) in [6, 6.07) is 6.00. The first-order valence-corrected chi connectivity index (χ1v) is 6.90. The lowest BCUT2D eigenvalue weighted by Crippen LogP contribution is -2.33. The molecule has 1 heterocycles. The second kappa shape index (κ2) is 5.95. The van der Waals surface area contributed by atoms with Gasteiger partial charge in [-0.15, -0.1) is 0 Å². The van der Waals surface area contributed by atoms with Crippen LogP contribution in [0.15, 0.2) is 18.2 Å². The molecule has 0 unspecified atom stereocenters. The van der Waals surface area contributed by atoms with Gasteiger partial charge in [0.25, 0.3) is 0 Å². The molecule has 21 heavy (non-hydrogen) atoms. The van der Waals surface area contributed by atoms with Gasteiger partial charge >= 0.3 is 0 Å². The minimum atomic E-state index is -0.255. The van der Waals surface area contributed by atoms with Crippen LogP contribution in [0.25, 0.3) is 11.0 Å². The number of hydrogen-bond donors (Lipinski definition) is 1. The Morgan fingerprint density at radius 2 is 2.10 bits per heavy atom. The van der Waals surface area contributed by atoms with Crippen LogP contribution in [0.2, 0.25) is 0 Å². The molecule has 6 heteroatoms. The van der Waals surface area contributed by atoms with Gasteiger partial charge in [0.2, 0.25) is 17.8 Å². The number of anilines is 1. The largest absolute Gasteiger partial charge is 0.337 e. The zero-order chi connectivity index (χ0) is 15.6. The minimum Gasteiger partial charge on any atom is -0.337 e. The summed E-state index contributed by atoms with van der Waals surface area (Å²) in [6.07, 6.45) is 0. The number of aromatic nitrogens is 2. The summed E-state index contributed by atoms with van der Waals surface area (Å²) in [4.78, 5) is 29.0. The molecule has 6 nitrogen and oxygen atoms in total. The van der Waals surface area contributed by atoms with Crippen LogP contribution in [-0.4, -0.2) is 39.9 Å². The van der Waals surface area contributed by atoms with E-state index in [9.17, 15) is 9.59 Å². The van der Waals surface area contributed by atoms with E-state index in [0.29, 0.717) is 12.5 Å². The van der Waals surface area contributed by atoms with Gasteiger partial charge in [-0.05, 0) is 31.5 Å². The molecule has 0 aliphatic carbocycles. The van der Waals surface area contributed by atoms with Crippen molar-refractivity contribution in [3.8, 4) is 0 Å². The summed E-state index contributed by atoms with van der Waals surface area (Å²) in [5, 5.41) is 2.78. The predicted molar refractivity (Wildman–Crippen MR) is 82.1 cm³/mol. The van der Waals surface area contributed by atoms with Gasteiger partial charge in [-0.2, -0.15) is 0 Å². The molecule has 0 atom stereocenters. The third kappa shape index (κ3) is 3.21.